The molecule has 1 atom stereocenters. The van der Waals surface area contributed by atoms with Crippen molar-refractivity contribution in [3.8, 4) is 11.8 Å². The van der Waals surface area contributed by atoms with Crippen LogP contribution in [0.3, 0.4) is 0 Å². The van der Waals surface area contributed by atoms with Crippen molar-refractivity contribution in [2.75, 3.05) is 25.1 Å². The van der Waals surface area contributed by atoms with Gasteiger partial charge in [0.25, 0.3) is 0 Å². The Balaban J connectivity index is 1.71. The zero-order valence-electron chi connectivity index (χ0n) is 17.4. The molecule has 0 bridgehead atoms. The number of nitriles is 1. The van der Waals surface area contributed by atoms with Gasteiger partial charge in [-0.3, -0.25) is 0 Å². The minimum atomic E-state index is -0.511. The number of hydrogen-bond donors (Lipinski definition) is 1. The number of ether oxygens (including phenoxy) is 2. The smallest absolute Gasteiger partial charge is 0.407 e. The molecule has 3 rings (SSSR count). The van der Waals surface area contributed by atoms with Crippen molar-refractivity contribution >= 4 is 17.5 Å². The molecule has 1 amide bonds. The molecule has 152 valence electrons. The third-order valence-corrected chi connectivity index (χ3v) is 4.82. The molecular weight excluding hydrogens is 366 g/mol. The van der Waals surface area contributed by atoms with Crippen LogP contribution in [0.2, 0.25) is 0 Å². The lowest BCUT2D eigenvalue weighted by atomic mass is 9.92. The minimum absolute atomic E-state index is 0.181. The van der Waals surface area contributed by atoms with E-state index in [1.54, 1.807) is 12.1 Å². The second-order valence-electron chi connectivity index (χ2n) is 8.16. The van der Waals surface area contributed by atoms with Gasteiger partial charge in [-0.15, -0.1) is 0 Å². The lowest BCUT2D eigenvalue weighted by Gasteiger charge is -2.28. The first kappa shape index (κ1) is 20.5. The monoisotopic (exact) mass is 393 g/mol. The van der Waals surface area contributed by atoms with Gasteiger partial charge in [0.15, 0.2) is 0 Å². The summed E-state index contributed by atoms with van der Waals surface area (Å²) < 4.78 is 11.2. The van der Waals surface area contributed by atoms with Crippen molar-refractivity contribution < 1.29 is 14.3 Å². The van der Waals surface area contributed by atoms with Crippen molar-refractivity contribution in [3.05, 3.63) is 53.6 Å². The van der Waals surface area contributed by atoms with E-state index in [2.05, 4.69) is 17.5 Å². The Kier molecular flexibility index (Phi) is 5.97. The summed E-state index contributed by atoms with van der Waals surface area (Å²) in [5.74, 6) is 1.02. The summed E-state index contributed by atoms with van der Waals surface area (Å²) in [6, 6.07) is 15.7. The Morgan fingerprint density at radius 3 is 2.59 bits per heavy atom. The molecule has 1 aliphatic heterocycles. The molecule has 1 aliphatic rings. The van der Waals surface area contributed by atoms with Crippen molar-refractivity contribution in [3.63, 3.8) is 0 Å². The fraction of sp³-hybridized carbons (Fsp3) is 0.391. The van der Waals surface area contributed by atoms with E-state index in [-0.39, 0.29) is 5.92 Å². The fourth-order valence-electron chi connectivity index (χ4n) is 3.30. The van der Waals surface area contributed by atoms with Gasteiger partial charge in [0.1, 0.15) is 11.4 Å². The van der Waals surface area contributed by atoms with Crippen LogP contribution in [0.5, 0.6) is 5.75 Å². The summed E-state index contributed by atoms with van der Waals surface area (Å²) in [5.41, 5.74) is 3.19. The van der Waals surface area contributed by atoms with Crippen LogP contribution in [0.15, 0.2) is 42.5 Å². The molecule has 2 aromatic carbocycles. The summed E-state index contributed by atoms with van der Waals surface area (Å²) in [7, 11) is 1.98. The summed E-state index contributed by atoms with van der Waals surface area (Å²) >= 11 is 0. The SMILES string of the molecule is CN(c1ccc(C#N)cc1)c1ccc2c(c1)OCC[C@H]2CNC(=O)OC(C)(C)C. The van der Waals surface area contributed by atoms with Gasteiger partial charge in [-0.1, -0.05) is 6.07 Å². The molecule has 0 saturated carbocycles. The summed E-state index contributed by atoms with van der Waals surface area (Å²) in [5, 5.41) is 11.8. The quantitative estimate of drug-likeness (QED) is 0.814. The Bertz CT molecular complexity index is 910. The lowest BCUT2D eigenvalue weighted by Crippen LogP contribution is -2.35. The molecule has 6 heteroatoms. The van der Waals surface area contributed by atoms with Crippen LogP contribution in [-0.4, -0.2) is 31.9 Å². The van der Waals surface area contributed by atoms with E-state index < -0.39 is 11.7 Å². The summed E-state index contributed by atoms with van der Waals surface area (Å²) in [4.78, 5) is 14.0. The Labute approximate surface area is 172 Å². The number of anilines is 2. The third-order valence-electron chi connectivity index (χ3n) is 4.82. The number of benzene rings is 2. The Hall–Kier alpha value is -3.20. The molecule has 1 heterocycles. The standard InChI is InChI=1S/C23H27N3O3/c1-23(2,3)29-22(27)25-15-17-11-12-28-21-13-19(9-10-20(17)21)26(4)18-7-5-16(14-24)6-8-18/h5-10,13,17H,11-12,15H2,1-4H3,(H,25,27)/t17-/m0/s1. The van der Waals surface area contributed by atoms with Crippen LogP contribution in [0, 0.1) is 11.3 Å². The molecule has 0 radical (unpaired) electrons. The summed E-state index contributed by atoms with van der Waals surface area (Å²) in [6.07, 6.45) is 0.441. The van der Waals surface area contributed by atoms with E-state index >= 15 is 0 Å². The highest BCUT2D eigenvalue weighted by molar-refractivity contribution is 5.68. The molecule has 1 N–H and O–H groups in total. The van der Waals surface area contributed by atoms with Gasteiger partial charge >= 0.3 is 6.09 Å². The van der Waals surface area contributed by atoms with Gasteiger partial charge < -0.3 is 19.7 Å². The second kappa shape index (κ2) is 8.44. The first-order chi connectivity index (χ1) is 13.8. The number of nitrogens with one attached hydrogen (secondary N) is 1. The molecule has 0 saturated heterocycles. The first-order valence-electron chi connectivity index (χ1n) is 9.74. The highest BCUT2D eigenvalue weighted by Crippen LogP contribution is 2.37. The molecule has 6 nitrogen and oxygen atoms in total. The second-order valence-corrected chi connectivity index (χ2v) is 8.16. The van der Waals surface area contributed by atoms with E-state index in [0.29, 0.717) is 18.7 Å². The molecule has 29 heavy (non-hydrogen) atoms. The van der Waals surface area contributed by atoms with Crippen molar-refractivity contribution in [1.29, 1.82) is 5.26 Å². The molecule has 0 spiro atoms. The van der Waals surface area contributed by atoms with Crippen LogP contribution in [0.1, 0.15) is 44.2 Å². The number of carbonyl (C=O) groups excluding carboxylic acids is 1. The highest BCUT2D eigenvalue weighted by atomic mass is 16.6. The normalized spacial score (nSPS) is 15.5. The first-order valence-corrected chi connectivity index (χ1v) is 9.74. The van der Waals surface area contributed by atoms with Crippen molar-refractivity contribution in [1.82, 2.24) is 5.32 Å². The number of fused-ring (bicyclic) bond motifs is 1. The molecule has 0 aromatic heterocycles. The van der Waals surface area contributed by atoms with Crippen molar-refractivity contribution in [2.45, 2.75) is 38.7 Å². The molecular formula is C23H27N3O3. The van der Waals surface area contributed by atoms with Crippen LogP contribution < -0.4 is 15.0 Å². The number of hydrogen-bond acceptors (Lipinski definition) is 5. The average molecular weight is 393 g/mol. The van der Waals surface area contributed by atoms with E-state index in [0.717, 1.165) is 29.1 Å². The van der Waals surface area contributed by atoms with Gasteiger partial charge in [-0.25, -0.2) is 4.79 Å². The highest BCUT2D eigenvalue weighted by Gasteiger charge is 2.24. The molecule has 0 unspecified atom stereocenters. The molecule has 2 aromatic rings. The van der Waals surface area contributed by atoms with Gasteiger partial charge in [-0.05, 0) is 63.1 Å². The van der Waals surface area contributed by atoms with Gasteiger partial charge in [0, 0.05) is 37.0 Å². The van der Waals surface area contributed by atoms with Crippen LogP contribution in [0.4, 0.5) is 16.2 Å². The lowest BCUT2D eigenvalue weighted by molar-refractivity contribution is 0.0521. The molecule has 0 aliphatic carbocycles. The zero-order valence-corrected chi connectivity index (χ0v) is 17.4. The molecule has 0 fully saturated rings. The van der Waals surface area contributed by atoms with Crippen molar-refractivity contribution in [2.24, 2.45) is 0 Å². The zero-order chi connectivity index (χ0) is 21.0. The fourth-order valence-corrected chi connectivity index (χ4v) is 3.30. The maximum atomic E-state index is 12.0. The number of alkyl carbamates (subject to hydrolysis) is 1. The van der Waals surface area contributed by atoms with E-state index in [9.17, 15) is 4.79 Å². The van der Waals surface area contributed by atoms with Gasteiger partial charge in [-0.2, -0.15) is 5.26 Å². The van der Waals surface area contributed by atoms with Crippen LogP contribution >= 0.6 is 0 Å². The van der Waals surface area contributed by atoms with Gasteiger partial charge in [0.2, 0.25) is 0 Å². The van der Waals surface area contributed by atoms with Gasteiger partial charge in [0.05, 0.1) is 18.2 Å². The minimum Gasteiger partial charge on any atom is -0.493 e. The number of nitrogens with zero attached hydrogens (tertiary/aromatic N) is 2. The van der Waals surface area contributed by atoms with E-state index in [4.69, 9.17) is 14.7 Å². The van der Waals surface area contributed by atoms with Crippen LogP contribution in [-0.2, 0) is 4.74 Å². The summed E-state index contributed by atoms with van der Waals surface area (Å²) in [6.45, 7) is 6.67. The number of amides is 1. The maximum Gasteiger partial charge on any atom is 0.407 e. The average Bonchev–Trinajstić information content (AvgIpc) is 2.70. The third kappa shape index (κ3) is 5.20. The van der Waals surface area contributed by atoms with Crippen LogP contribution in [0.25, 0.3) is 0 Å². The largest absolute Gasteiger partial charge is 0.493 e. The Morgan fingerprint density at radius 2 is 1.93 bits per heavy atom. The number of carbonyl (C=O) groups is 1. The van der Waals surface area contributed by atoms with E-state index in [1.807, 2.05) is 57.0 Å². The number of rotatable bonds is 4. The topological polar surface area (TPSA) is 74.6 Å². The van der Waals surface area contributed by atoms with E-state index in [1.165, 1.54) is 0 Å². The predicted octanol–water partition coefficient (Wildman–Crippen LogP) is 4.72. The Morgan fingerprint density at radius 1 is 1.24 bits per heavy atom. The maximum absolute atomic E-state index is 12.0. The predicted molar refractivity (Wildman–Crippen MR) is 113 cm³/mol.